The zero-order chi connectivity index (χ0) is 14.5. The van der Waals surface area contributed by atoms with Crippen LogP contribution in [0.25, 0.3) is 0 Å². The van der Waals surface area contributed by atoms with Gasteiger partial charge in [-0.05, 0) is 45.2 Å². The monoisotopic (exact) mass is 281 g/mol. The molecule has 0 aromatic heterocycles. The predicted molar refractivity (Wildman–Crippen MR) is 77.4 cm³/mol. The van der Waals surface area contributed by atoms with Crippen LogP contribution >= 0.6 is 0 Å². The first-order valence-electron chi connectivity index (χ1n) is 7.49. The van der Waals surface area contributed by atoms with Crippen molar-refractivity contribution in [1.82, 2.24) is 5.32 Å². The van der Waals surface area contributed by atoms with E-state index in [1.807, 2.05) is 6.92 Å². The molecule has 2 N–H and O–H groups in total. The molecule has 1 aromatic rings. The lowest BCUT2D eigenvalue weighted by Crippen LogP contribution is -2.25. The summed E-state index contributed by atoms with van der Waals surface area (Å²) in [6.07, 6.45) is 2.96. The second-order valence-electron chi connectivity index (χ2n) is 5.51. The van der Waals surface area contributed by atoms with E-state index in [4.69, 9.17) is 4.74 Å². The Hall–Kier alpha value is -1.13. The van der Waals surface area contributed by atoms with Gasteiger partial charge in [0.05, 0.1) is 6.10 Å². The van der Waals surface area contributed by atoms with Crippen molar-refractivity contribution < 1.29 is 14.2 Å². The molecule has 0 radical (unpaired) electrons. The highest BCUT2D eigenvalue weighted by Crippen LogP contribution is 2.27. The average Bonchev–Trinajstić information content (AvgIpc) is 2.82. The van der Waals surface area contributed by atoms with Crippen LogP contribution in [0.2, 0.25) is 0 Å². The topological polar surface area (TPSA) is 41.5 Å². The second kappa shape index (κ2) is 7.04. The third-order valence-corrected chi connectivity index (χ3v) is 3.84. The average molecular weight is 281 g/mol. The van der Waals surface area contributed by atoms with Gasteiger partial charge in [-0.2, -0.15) is 0 Å². The lowest BCUT2D eigenvalue weighted by Gasteiger charge is -2.19. The highest BCUT2D eigenvalue weighted by Gasteiger charge is 2.27. The van der Waals surface area contributed by atoms with Crippen molar-refractivity contribution in [3.8, 4) is 5.75 Å². The SMILES string of the molecule is CCCNC(C)c1ccc(OC2CCCC2O)cc1F. The van der Waals surface area contributed by atoms with Gasteiger partial charge in [0.2, 0.25) is 0 Å². The van der Waals surface area contributed by atoms with E-state index in [1.165, 1.54) is 6.07 Å². The van der Waals surface area contributed by atoms with Crippen LogP contribution in [0.15, 0.2) is 18.2 Å². The van der Waals surface area contributed by atoms with Crippen molar-refractivity contribution >= 4 is 0 Å². The Morgan fingerprint density at radius 2 is 2.25 bits per heavy atom. The maximum atomic E-state index is 14.1. The number of hydrogen-bond acceptors (Lipinski definition) is 3. The van der Waals surface area contributed by atoms with Gasteiger partial charge in [0.1, 0.15) is 17.7 Å². The third-order valence-electron chi connectivity index (χ3n) is 3.84. The Labute approximate surface area is 120 Å². The molecule has 0 bridgehead atoms. The number of halogens is 1. The molecule has 2 rings (SSSR count). The molecule has 0 saturated heterocycles. The molecule has 1 aliphatic rings. The van der Waals surface area contributed by atoms with Crippen LogP contribution in [-0.4, -0.2) is 23.9 Å². The molecule has 1 aliphatic carbocycles. The lowest BCUT2D eigenvalue weighted by atomic mass is 10.1. The molecular formula is C16H24FNO2. The zero-order valence-corrected chi connectivity index (χ0v) is 12.2. The van der Waals surface area contributed by atoms with Gasteiger partial charge >= 0.3 is 0 Å². The van der Waals surface area contributed by atoms with Crippen molar-refractivity contribution in [2.24, 2.45) is 0 Å². The molecule has 20 heavy (non-hydrogen) atoms. The Morgan fingerprint density at radius 3 is 2.85 bits per heavy atom. The summed E-state index contributed by atoms with van der Waals surface area (Å²) in [5.41, 5.74) is 0.651. The Balaban J connectivity index is 2.01. The molecule has 0 heterocycles. The summed E-state index contributed by atoms with van der Waals surface area (Å²) in [6, 6.07) is 4.96. The molecule has 1 aromatic carbocycles. The summed E-state index contributed by atoms with van der Waals surface area (Å²) >= 11 is 0. The van der Waals surface area contributed by atoms with E-state index in [-0.39, 0.29) is 18.0 Å². The summed E-state index contributed by atoms with van der Waals surface area (Å²) in [5.74, 6) is 0.242. The van der Waals surface area contributed by atoms with Crippen LogP contribution in [0.4, 0.5) is 4.39 Å². The minimum atomic E-state index is -0.428. The highest BCUT2D eigenvalue weighted by molar-refractivity contribution is 5.31. The summed E-state index contributed by atoms with van der Waals surface area (Å²) < 4.78 is 19.8. The molecule has 1 fully saturated rings. The zero-order valence-electron chi connectivity index (χ0n) is 12.2. The van der Waals surface area contributed by atoms with Crippen LogP contribution in [0.5, 0.6) is 5.75 Å². The first-order valence-corrected chi connectivity index (χ1v) is 7.49. The van der Waals surface area contributed by atoms with Crippen molar-refractivity contribution in [1.29, 1.82) is 0 Å². The Morgan fingerprint density at radius 1 is 1.45 bits per heavy atom. The van der Waals surface area contributed by atoms with Gasteiger partial charge in [0.25, 0.3) is 0 Å². The number of benzene rings is 1. The fourth-order valence-corrected chi connectivity index (χ4v) is 2.62. The smallest absolute Gasteiger partial charge is 0.131 e. The van der Waals surface area contributed by atoms with Crippen LogP contribution < -0.4 is 10.1 Å². The van der Waals surface area contributed by atoms with Crippen LogP contribution in [0.1, 0.15) is 51.1 Å². The van der Waals surface area contributed by atoms with Crippen molar-refractivity contribution in [3.05, 3.63) is 29.6 Å². The number of nitrogens with one attached hydrogen (secondary N) is 1. The van der Waals surface area contributed by atoms with E-state index >= 15 is 0 Å². The van der Waals surface area contributed by atoms with Gasteiger partial charge in [0, 0.05) is 17.7 Å². The Bertz CT molecular complexity index is 438. The molecule has 3 nitrogen and oxygen atoms in total. The molecular weight excluding hydrogens is 257 g/mol. The van der Waals surface area contributed by atoms with Gasteiger partial charge in [0.15, 0.2) is 0 Å². The predicted octanol–water partition coefficient (Wildman–Crippen LogP) is 3.18. The van der Waals surface area contributed by atoms with Crippen molar-refractivity contribution in [2.45, 2.75) is 57.8 Å². The Kier molecular flexibility index (Phi) is 5.38. The van der Waals surface area contributed by atoms with E-state index in [0.29, 0.717) is 11.3 Å². The number of rotatable bonds is 6. The second-order valence-corrected chi connectivity index (χ2v) is 5.51. The van der Waals surface area contributed by atoms with E-state index < -0.39 is 6.10 Å². The van der Waals surface area contributed by atoms with E-state index in [2.05, 4.69) is 12.2 Å². The number of aliphatic hydroxyl groups excluding tert-OH is 1. The molecule has 1 saturated carbocycles. The summed E-state index contributed by atoms with van der Waals surface area (Å²) in [4.78, 5) is 0. The van der Waals surface area contributed by atoms with Crippen molar-refractivity contribution in [2.75, 3.05) is 6.54 Å². The molecule has 0 aliphatic heterocycles. The van der Waals surface area contributed by atoms with Gasteiger partial charge in [-0.1, -0.05) is 13.0 Å². The van der Waals surface area contributed by atoms with Crippen LogP contribution in [-0.2, 0) is 0 Å². The third kappa shape index (κ3) is 3.70. The minimum Gasteiger partial charge on any atom is -0.488 e. The quantitative estimate of drug-likeness (QED) is 0.841. The maximum Gasteiger partial charge on any atom is 0.131 e. The van der Waals surface area contributed by atoms with Gasteiger partial charge in [-0.25, -0.2) is 4.39 Å². The highest BCUT2D eigenvalue weighted by atomic mass is 19.1. The van der Waals surface area contributed by atoms with Gasteiger partial charge in [-0.3, -0.25) is 0 Å². The fraction of sp³-hybridized carbons (Fsp3) is 0.625. The fourth-order valence-electron chi connectivity index (χ4n) is 2.62. The molecule has 0 spiro atoms. The van der Waals surface area contributed by atoms with Gasteiger partial charge < -0.3 is 15.2 Å². The maximum absolute atomic E-state index is 14.1. The molecule has 0 amide bonds. The first kappa shape index (κ1) is 15.3. The normalized spacial score (nSPS) is 23.8. The number of aliphatic hydroxyl groups is 1. The van der Waals surface area contributed by atoms with E-state index in [0.717, 1.165) is 32.2 Å². The summed E-state index contributed by atoms with van der Waals surface area (Å²) in [5, 5.41) is 13.0. The largest absolute Gasteiger partial charge is 0.488 e. The molecule has 112 valence electrons. The number of ether oxygens (including phenoxy) is 1. The standard InChI is InChI=1S/C16H24FNO2/c1-3-9-18-11(2)13-8-7-12(10-14(13)17)20-16-6-4-5-15(16)19/h7-8,10-11,15-16,18-19H,3-6,9H2,1-2H3. The summed E-state index contributed by atoms with van der Waals surface area (Å²) in [6.45, 7) is 4.91. The van der Waals surface area contributed by atoms with Crippen LogP contribution in [0.3, 0.4) is 0 Å². The van der Waals surface area contributed by atoms with Crippen molar-refractivity contribution in [3.63, 3.8) is 0 Å². The first-order chi connectivity index (χ1) is 9.61. The van der Waals surface area contributed by atoms with E-state index in [1.54, 1.807) is 12.1 Å². The summed E-state index contributed by atoms with van der Waals surface area (Å²) in [7, 11) is 0. The lowest BCUT2D eigenvalue weighted by molar-refractivity contribution is 0.0602. The van der Waals surface area contributed by atoms with Crippen LogP contribution in [0, 0.1) is 5.82 Å². The van der Waals surface area contributed by atoms with Gasteiger partial charge in [-0.15, -0.1) is 0 Å². The molecule has 4 heteroatoms. The van der Waals surface area contributed by atoms with E-state index in [9.17, 15) is 9.50 Å². The molecule has 3 unspecified atom stereocenters. The number of hydrogen-bond donors (Lipinski definition) is 2. The minimum absolute atomic E-state index is 0.0129. The molecule has 3 atom stereocenters.